The van der Waals surface area contributed by atoms with Crippen LogP contribution >= 0.6 is 27.7 Å². The van der Waals surface area contributed by atoms with E-state index in [1.165, 1.54) is 11.8 Å². The monoisotopic (exact) mass is 204 g/mol. The lowest BCUT2D eigenvalue weighted by molar-refractivity contribution is -0.107. The molecule has 0 amide bonds. The maximum atomic E-state index is 10.8. The third-order valence-electron chi connectivity index (χ3n) is 0.999. The molecule has 1 aliphatic heterocycles. The van der Waals surface area contributed by atoms with E-state index >= 15 is 0 Å². The molecular formula is C6H5BrOS. The van der Waals surface area contributed by atoms with Gasteiger partial charge in [-0.3, -0.25) is 4.79 Å². The lowest BCUT2D eigenvalue weighted by atomic mass is 10.3. The Kier molecular flexibility index (Phi) is 2.13. The van der Waals surface area contributed by atoms with Gasteiger partial charge in [-0.1, -0.05) is 15.9 Å². The Morgan fingerprint density at radius 2 is 2.44 bits per heavy atom. The minimum absolute atomic E-state index is 0.153. The topological polar surface area (TPSA) is 17.1 Å². The maximum absolute atomic E-state index is 10.8. The predicted octanol–water partition coefficient (Wildman–Crippen LogP) is 2.44. The van der Waals surface area contributed by atoms with Crippen molar-refractivity contribution in [3.63, 3.8) is 0 Å². The number of hydrogen-bond donors (Lipinski definition) is 0. The zero-order valence-corrected chi connectivity index (χ0v) is 7.25. The summed E-state index contributed by atoms with van der Waals surface area (Å²) in [7, 11) is 0. The predicted molar refractivity (Wildman–Crippen MR) is 43.4 cm³/mol. The van der Waals surface area contributed by atoms with Gasteiger partial charge in [-0.15, -0.1) is 0 Å². The van der Waals surface area contributed by atoms with Crippen molar-refractivity contribution in [2.45, 2.75) is 6.92 Å². The highest BCUT2D eigenvalue weighted by molar-refractivity contribution is 9.11. The highest BCUT2D eigenvalue weighted by Gasteiger charge is 2.14. The first-order valence-corrected chi connectivity index (χ1v) is 4.18. The summed E-state index contributed by atoms with van der Waals surface area (Å²) >= 11 is 4.41. The molecule has 0 aromatic heterocycles. The van der Waals surface area contributed by atoms with Gasteiger partial charge in [0.2, 0.25) is 5.12 Å². The number of hydrogen-bond acceptors (Lipinski definition) is 2. The van der Waals surface area contributed by atoms with Gasteiger partial charge >= 0.3 is 0 Å². The number of halogens is 1. The maximum Gasteiger partial charge on any atom is 0.219 e. The molecule has 1 rings (SSSR count). The molecule has 0 saturated carbocycles. The molecule has 0 aliphatic carbocycles. The van der Waals surface area contributed by atoms with E-state index in [-0.39, 0.29) is 5.12 Å². The summed E-state index contributed by atoms with van der Waals surface area (Å²) in [5.74, 6) is 0. The van der Waals surface area contributed by atoms with Gasteiger partial charge in [-0.25, -0.2) is 0 Å². The molecule has 0 N–H and O–H groups in total. The molecular weight excluding hydrogens is 200 g/mol. The zero-order chi connectivity index (χ0) is 6.85. The molecule has 1 nitrogen and oxygen atoms in total. The van der Waals surface area contributed by atoms with E-state index in [4.69, 9.17) is 0 Å². The van der Waals surface area contributed by atoms with Crippen LogP contribution in [-0.4, -0.2) is 5.12 Å². The molecule has 0 bridgehead atoms. The minimum atomic E-state index is 0.153. The smallest absolute Gasteiger partial charge is 0.219 e. The third kappa shape index (κ3) is 1.46. The molecule has 0 atom stereocenters. The third-order valence-corrected chi connectivity index (χ3v) is 2.77. The van der Waals surface area contributed by atoms with E-state index < -0.39 is 0 Å². The van der Waals surface area contributed by atoms with Crippen molar-refractivity contribution in [2.75, 3.05) is 0 Å². The van der Waals surface area contributed by atoms with Crippen molar-refractivity contribution in [3.8, 4) is 0 Å². The second-order valence-corrected chi connectivity index (χ2v) is 3.23. The number of rotatable bonds is 0. The van der Waals surface area contributed by atoms with E-state index in [2.05, 4.69) is 15.9 Å². The molecule has 0 fully saturated rings. The molecule has 0 aromatic rings. The Labute approximate surface area is 66.3 Å². The average molecular weight is 205 g/mol. The van der Waals surface area contributed by atoms with E-state index in [1.807, 2.05) is 13.0 Å². The van der Waals surface area contributed by atoms with Crippen molar-refractivity contribution in [2.24, 2.45) is 0 Å². The summed E-state index contributed by atoms with van der Waals surface area (Å²) in [5.41, 5.74) is 0.825. The summed E-state index contributed by atoms with van der Waals surface area (Å²) in [6.45, 7) is 1.82. The fourth-order valence-electron chi connectivity index (χ4n) is 0.543. The van der Waals surface area contributed by atoms with Crippen molar-refractivity contribution < 1.29 is 4.79 Å². The highest BCUT2D eigenvalue weighted by atomic mass is 79.9. The van der Waals surface area contributed by atoms with Gasteiger partial charge in [0.25, 0.3) is 0 Å². The van der Waals surface area contributed by atoms with Gasteiger partial charge in [-0.2, -0.15) is 0 Å². The number of thioether (sulfide) groups is 1. The zero-order valence-electron chi connectivity index (χ0n) is 4.85. The fraction of sp³-hybridized carbons (Fsp3) is 0.167. The summed E-state index contributed by atoms with van der Waals surface area (Å²) < 4.78 is 0. The standard InChI is InChI=1S/C6H5BrOS/c1-4-2-5(3-7)9-6(4)8/h2-3H,1H3. The first kappa shape index (κ1) is 7.09. The normalized spacial score (nSPS) is 23.1. The van der Waals surface area contributed by atoms with Crippen LogP contribution in [0.3, 0.4) is 0 Å². The van der Waals surface area contributed by atoms with E-state index in [9.17, 15) is 4.79 Å². The number of carbonyl (C=O) groups is 1. The van der Waals surface area contributed by atoms with Gasteiger partial charge in [-0.05, 0) is 29.7 Å². The van der Waals surface area contributed by atoms with Crippen LogP contribution in [0.1, 0.15) is 6.92 Å². The molecule has 48 valence electrons. The van der Waals surface area contributed by atoms with Crippen molar-refractivity contribution in [1.82, 2.24) is 0 Å². The molecule has 3 heteroatoms. The Bertz CT molecular complexity index is 205. The van der Waals surface area contributed by atoms with Crippen LogP contribution in [0.25, 0.3) is 0 Å². The molecule has 1 aliphatic rings. The van der Waals surface area contributed by atoms with Gasteiger partial charge in [0.15, 0.2) is 0 Å². The largest absolute Gasteiger partial charge is 0.282 e. The second-order valence-electron chi connectivity index (χ2n) is 1.73. The lowest BCUT2D eigenvalue weighted by Gasteiger charge is -1.83. The summed E-state index contributed by atoms with van der Waals surface area (Å²) in [6.07, 6.45) is 1.86. The summed E-state index contributed by atoms with van der Waals surface area (Å²) in [5, 5.41) is 0.153. The molecule has 0 saturated heterocycles. The summed E-state index contributed by atoms with van der Waals surface area (Å²) in [6, 6.07) is 0. The van der Waals surface area contributed by atoms with Crippen LogP contribution in [0, 0.1) is 0 Å². The average Bonchev–Trinajstić information content (AvgIpc) is 2.13. The number of allylic oxidation sites excluding steroid dienone is 1. The van der Waals surface area contributed by atoms with Crippen LogP contribution < -0.4 is 0 Å². The van der Waals surface area contributed by atoms with Crippen molar-refractivity contribution in [1.29, 1.82) is 0 Å². The van der Waals surface area contributed by atoms with E-state index in [0.29, 0.717) is 0 Å². The van der Waals surface area contributed by atoms with Gasteiger partial charge in [0.1, 0.15) is 0 Å². The van der Waals surface area contributed by atoms with Crippen LogP contribution in [0.15, 0.2) is 21.5 Å². The van der Waals surface area contributed by atoms with Crippen LogP contribution in [0.5, 0.6) is 0 Å². The quantitative estimate of drug-likeness (QED) is 0.604. The first-order valence-electron chi connectivity index (χ1n) is 2.45. The molecule has 1 heterocycles. The Hall–Kier alpha value is -0.0200. The second kappa shape index (κ2) is 2.71. The fourth-order valence-corrected chi connectivity index (χ4v) is 1.67. The Balaban J connectivity index is 2.86. The Morgan fingerprint density at radius 3 is 2.67 bits per heavy atom. The highest BCUT2D eigenvalue weighted by Crippen LogP contribution is 2.30. The molecule has 0 aromatic carbocycles. The summed E-state index contributed by atoms with van der Waals surface area (Å²) in [4.78, 5) is 13.5. The van der Waals surface area contributed by atoms with E-state index in [0.717, 1.165) is 10.5 Å². The van der Waals surface area contributed by atoms with Crippen molar-refractivity contribution >= 4 is 32.8 Å². The molecule has 0 unspecified atom stereocenters. The number of carbonyl (C=O) groups excluding carboxylic acids is 1. The van der Waals surface area contributed by atoms with Crippen molar-refractivity contribution in [3.05, 3.63) is 21.5 Å². The van der Waals surface area contributed by atoms with Crippen LogP contribution in [0.2, 0.25) is 0 Å². The van der Waals surface area contributed by atoms with Gasteiger partial charge < -0.3 is 0 Å². The van der Waals surface area contributed by atoms with Gasteiger partial charge in [0, 0.05) is 10.5 Å². The molecule has 0 spiro atoms. The van der Waals surface area contributed by atoms with Crippen LogP contribution in [0.4, 0.5) is 0 Å². The lowest BCUT2D eigenvalue weighted by Crippen LogP contribution is -1.82. The van der Waals surface area contributed by atoms with Crippen LogP contribution in [-0.2, 0) is 4.79 Å². The SMILES string of the molecule is CC1=CC(=CBr)SC1=O. The van der Waals surface area contributed by atoms with E-state index in [1.54, 1.807) is 4.99 Å². The molecule has 9 heavy (non-hydrogen) atoms. The first-order chi connectivity index (χ1) is 4.24. The molecule has 0 radical (unpaired) electrons. The van der Waals surface area contributed by atoms with Gasteiger partial charge in [0.05, 0.1) is 0 Å². The Morgan fingerprint density at radius 1 is 1.78 bits per heavy atom. The minimum Gasteiger partial charge on any atom is -0.282 e.